The van der Waals surface area contributed by atoms with E-state index in [4.69, 9.17) is 9.47 Å². The molecule has 8 rings (SSSR count). The lowest BCUT2D eigenvalue weighted by molar-refractivity contribution is -0.217. The summed E-state index contributed by atoms with van der Waals surface area (Å²) in [5.41, 5.74) is 2.06. The minimum Gasteiger partial charge on any atom is -0.504 e. The average Bonchev–Trinajstić information content (AvgIpc) is 3.63. The van der Waals surface area contributed by atoms with Crippen LogP contribution >= 0.6 is 0 Å². The van der Waals surface area contributed by atoms with E-state index in [1.807, 2.05) is 0 Å². The number of piperidine rings is 1. The topological polar surface area (TPSA) is 62.2 Å². The van der Waals surface area contributed by atoms with Gasteiger partial charge in [0.15, 0.2) is 11.5 Å². The molecular weight excluding hydrogens is 450 g/mol. The second kappa shape index (κ2) is 7.47. The molecule has 3 aliphatic carbocycles. The molecule has 2 saturated carbocycles. The molecule has 0 amide bonds. The number of ether oxygens (including phenoxy) is 2. The van der Waals surface area contributed by atoms with E-state index in [2.05, 4.69) is 53.4 Å². The fraction of sp³-hybridized carbons (Fsp3) is 0.484. The zero-order chi connectivity index (χ0) is 24.1. The van der Waals surface area contributed by atoms with Crippen LogP contribution in [0.15, 0.2) is 54.6 Å². The van der Waals surface area contributed by atoms with E-state index in [9.17, 15) is 10.2 Å². The zero-order valence-electron chi connectivity index (χ0n) is 20.5. The number of hydrogen-bond donors (Lipinski definition) is 2. The third-order valence-corrected chi connectivity index (χ3v) is 9.99. The van der Waals surface area contributed by atoms with Crippen LogP contribution < -0.4 is 4.74 Å². The van der Waals surface area contributed by atoms with E-state index in [-0.39, 0.29) is 24.0 Å². The van der Waals surface area contributed by atoms with Crippen molar-refractivity contribution in [2.24, 2.45) is 5.92 Å². The monoisotopic (exact) mass is 483 g/mol. The second-order valence-corrected chi connectivity index (χ2v) is 11.9. The van der Waals surface area contributed by atoms with Crippen LogP contribution in [0.3, 0.4) is 0 Å². The van der Waals surface area contributed by atoms with Gasteiger partial charge in [0, 0.05) is 18.2 Å². The van der Waals surface area contributed by atoms with Crippen molar-refractivity contribution in [3.8, 4) is 11.5 Å². The van der Waals surface area contributed by atoms with Crippen molar-refractivity contribution in [1.82, 2.24) is 4.90 Å². The lowest BCUT2D eigenvalue weighted by Gasteiger charge is -2.64. The maximum atomic E-state index is 12.6. The molecule has 2 N–H and O–H groups in total. The lowest BCUT2D eigenvalue weighted by Crippen LogP contribution is -2.77. The van der Waals surface area contributed by atoms with Gasteiger partial charge in [-0.1, -0.05) is 42.5 Å². The Morgan fingerprint density at radius 3 is 2.72 bits per heavy atom. The molecule has 3 aromatic rings. The highest BCUT2D eigenvalue weighted by molar-refractivity contribution is 5.82. The van der Waals surface area contributed by atoms with Crippen molar-refractivity contribution in [3.63, 3.8) is 0 Å². The molecule has 3 aromatic carbocycles. The van der Waals surface area contributed by atoms with Gasteiger partial charge in [-0.2, -0.15) is 0 Å². The molecule has 5 atom stereocenters. The fourth-order valence-corrected chi connectivity index (χ4v) is 8.14. The van der Waals surface area contributed by atoms with E-state index >= 15 is 0 Å². The highest BCUT2D eigenvalue weighted by atomic mass is 16.6. The number of hydrogen-bond acceptors (Lipinski definition) is 5. The first-order valence-electron chi connectivity index (χ1n) is 13.6. The summed E-state index contributed by atoms with van der Waals surface area (Å²) >= 11 is 0. The van der Waals surface area contributed by atoms with Gasteiger partial charge < -0.3 is 19.7 Å². The molecule has 1 spiro atoms. The van der Waals surface area contributed by atoms with Gasteiger partial charge in [0.25, 0.3) is 0 Å². The number of aromatic hydroxyl groups is 1. The van der Waals surface area contributed by atoms with Crippen LogP contribution in [0, 0.1) is 5.92 Å². The Morgan fingerprint density at radius 1 is 1.00 bits per heavy atom. The first-order chi connectivity index (χ1) is 17.6. The van der Waals surface area contributed by atoms with Gasteiger partial charge >= 0.3 is 0 Å². The molecule has 36 heavy (non-hydrogen) atoms. The Morgan fingerprint density at radius 2 is 1.86 bits per heavy atom. The Kier molecular flexibility index (Phi) is 4.46. The molecule has 2 aliphatic heterocycles. The molecule has 186 valence electrons. The summed E-state index contributed by atoms with van der Waals surface area (Å²) in [6, 6.07) is 18.8. The van der Waals surface area contributed by atoms with Crippen LogP contribution in [0.1, 0.15) is 48.8 Å². The van der Waals surface area contributed by atoms with E-state index in [1.54, 1.807) is 6.07 Å². The van der Waals surface area contributed by atoms with Crippen molar-refractivity contribution in [2.75, 3.05) is 13.1 Å². The molecule has 5 heteroatoms. The first kappa shape index (κ1) is 21.5. The van der Waals surface area contributed by atoms with Crippen LogP contribution in [0.5, 0.6) is 11.5 Å². The van der Waals surface area contributed by atoms with Crippen molar-refractivity contribution >= 4 is 10.8 Å². The van der Waals surface area contributed by atoms with Gasteiger partial charge in [-0.15, -0.1) is 0 Å². The molecule has 5 aliphatic rings. The number of fused-ring (bicyclic) bond motifs is 1. The van der Waals surface area contributed by atoms with E-state index in [1.165, 1.54) is 29.2 Å². The zero-order valence-corrected chi connectivity index (χ0v) is 20.5. The number of aliphatic hydroxyl groups is 1. The molecular formula is C31H33NO4. The quantitative estimate of drug-likeness (QED) is 0.551. The summed E-state index contributed by atoms with van der Waals surface area (Å²) in [5, 5.41) is 25.8. The summed E-state index contributed by atoms with van der Waals surface area (Å²) in [6.45, 7) is 2.57. The predicted molar refractivity (Wildman–Crippen MR) is 137 cm³/mol. The number of benzene rings is 3. The van der Waals surface area contributed by atoms with Crippen LogP contribution in [-0.4, -0.2) is 52.1 Å². The van der Waals surface area contributed by atoms with Crippen LogP contribution in [0.2, 0.25) is 0 Å². The van der Waals surface area contributed by atoms with Crippen LogP contribution in [0.4, 0.5) is 0 Å². The minimum atomic E-state index is -0.861. The summed E-state index contributed by atoms with van der Waals surface area (Å²) in [6.07, 6.45) is 5.34. The van der Waals surface area contributed by atoms with Gasteiger partial charge in [0.1, 0.15) is 6.10 Å². The predicted octanol–water partition coefficient (Wildman–Crippen LogP) is 4.69. The van der Waals surface area contributed by atoms with Gasteiger partial charge in [-0.05, 0) is 85.0 Å². The maximum Gasteiger partial charge on any atom is 0.165 e. The third-order valence-electron chi connectivity index (χ3n) is 9.99. The molecule has 5 nitrogen and oxygen atoms in total. The fourth-order valence-electron chi connectivity index (χ4n) is 8.14. The smallest absolute Gasteiger partial charge is 0.165 e. The molecule has 3 fully saturated rings. The number of nitrogens with zero attached hydrogens (tertiary/aromatic N) is 1. The van der Waals surface area contributed by atoms with E-state index in [0.717, 1.165) is 49.4 Å². The highest BCUT2D eigenvalue weighted by Crippen LogP contribution is 2.65. The van der Waals surface area contributed by atoms with E-state index in [0.29, 0.717) is 18.8 Å². The molecule has 2 heterocycles. The number of rotatable bonds is 5. The number of phenols is 1. The van der Waals surface area contributed by atoms with Gasteiger partial charge in [-0.25, -0.2) is 0 Å². The SMILES string of the molecule is Oc1ccc2c3c1OC1[C@H](OCc4ccc5ccccc5c4)CCC4(O)C(C2)N(CC2CC2)CCC314. The van der Waals surface area contributed by atoms with Crippen molar-refractivity contribution < 1.29 is 19.7 Å². The van der Waals surface area contributed by atoms with Gasteiger partial charge in [0.05, 0.1) is 23.7 Å². The molecule has 4 unspecified atom stereocenters. The van der Waals surface area contributed by atoms with Gasteiger partial charge in [-0.3, -0.25) is 4.90 Å². The molecule has 0 radical (unpaired) electrons. The number of phenolic OH excluding ortho intramolecular Hbond substituents is 1. The largest absolute Gasteiger partial charge is 0.504 e. The standard InChI is InChI=1S/C31H33NO4/c33-24-10-9-23-16-26-31(34)12-11-25(35-18-20-7-8-21-3-1-2-4-22(21)15-20)29-30(31,27(23)28(24)36-29)13-14-32(26)17-19-5-6-19/h1-4,7-10,15,19,25-26,29,33-34H,5-6,11-14,16-18H2/t25-,26?,29?,30?,31?/m1/s1. The highest BCUT2D eigenvalue weighted by Gasteiger charge is 2.73. The Balaban J connectivity index is 1.15. The summed E-state index contributed by atoms with van der Waals surface area (Å²) in [7, 11) is 0. The first-order valence-corrected chi connectivity index (χ1v) is 13.6. The summed E-state index contributed by atoms with van der Waals surface area (Å²) in [4.78, 5) is 2.57. The van der Waals surface area contributed by atoms with Crippen molar-refractivity contribution in [2.45, 2.75) is 74.4 Å². The van der Waals surface area contributed by atoms with Crippen LogP contribution in [-0.2, 0) is 23.2 Å². The molecule has 2 bridgehead atoms. The minimum absolute atomic E-state index is 0.0994. The summed E-state index contributed by atoms with van der Waals surface area (Å²) < 4.78 is 13.2. The normalized spacial score (nSPS) is 34.4. The van der Waals surface area contributed by atoms with Crippen LogP contribution in [0.25, 0.3) is 10.8 Å². The number of likely N-dealkylation sites (tertiary alicyclic amines) is 1. The average molecular weight is 484 g/mol. The Bertz CT molecular complexity index is 1370. The third kappa shape index (κ3) is 2.82. The van der Waals surface area contributed by atoms with Crippen molar-refractivity contribution in [3.05, 3.63) is 71.3 Å². The summed E-state index contributed by atoms with van der Waals surface area (Å²) in [5.74, 6) is 1.56. The Labute approximate surface area is 211 Å². The molecule has 1 saturated heterocycles. The lowest BCUT2D eigenvalue weighted by atomic mass is 9.48. The van der Waals surface area contributed by atoms with Crippen molar-refractivity contribution in [1.29, 1.82) is 0 Å². The van der Waals surface area contributed by atoms with E-state index < -0.39 is 11.0 Å². The second-order valence-electron chi connectivity index (χ2n) is 11.9. The Hall–Kier alpha value is -2.60. The van der Waals surface area contributed by atoms with Gasteiger partial charge in [0.2, 0.25) is 0 Å². The molecule has 0 aromatic heterocycles. The maximum absolute atomic E-state index is 12.6.